The number of piperidine rings is 1. The second-order valence-electron chi connectivity index (χ2n) is 7.41. The van der Waals surface area contributed by atoms with E-state index in [9.17, 15) is 14.4 Å². The number of nitrogens with zero attached hydrogens (tertiary/aromatic N) is 1. The minimum absolute atomic E-state index is 0.158. The average Bonchev–Trinajstić information content (AvgIpc) is 3.11. The Morgan fingerprint density at radius 3 is 2.41 bits per heavy atom. The highest BCUT2D eigenvalue weighted by molar-refractivity contribution is 5.91. The number of esters is 1. The lowest BCUT2D eigenvalue weighted by Gasteiger charge is -2.30. The van der Waals surface area contributed by atoms with Gasteiger partial charge in [0.2, 0.25) is 0 Å². The van der Waals surface area contributed by atoms with Gasteiger partial charge in [0.05, 0.1) is 12.2 Å². The third kappa shape index (κ3) is 5.58. The molecule has 1 N–H and O–H groups in total. The fourth-order valence-electron chi connectivity index (χ4n) is 3.82. The van der Waals surface area contributed by atoms with Gasteiger partial charge in [-0.1, -0.05) is 25.7 Å². The first-order valence-corrected chi connectivity index (χ1v) is 9.92. The first-order valence-electron chi connectivity index (χ1n) is 9.92. The Hall–Kier alpha value is -2.31. The van der Waals surface area contributed by atoms with Gasteiger partial charge in [0, 0.05) is 19.1 Å². The molecular weight excluding hydrogens is 348 g/mol. The first kappa shape index (κ1) is 19.5. The van der Waals surface area contributed by atoms with Gasteiger partial charge in [0.25, 0.3) is 11.8 Å². The number of nitrogens with one attached hydrogen (secondary N) is 1. The predicted octanol–water partition coefficient (Wildman–Crippen LogP) is 2.51. The van der Waals surface area contributed by atoms with E-state index >= 15 is 0 Å². The van der Waals surface area contributed by atoms with Crippen LogP contribution >= 0.6 is 0 Å². The Labute approximate surface area is 159 Å². The van der Waals surface area contributed by atoms with Crippen molar-refractivity contribution in [2.24, 2.45) is 5.92 Å². The van der Waals surface area contributed by atoms with Crippen molar-refractivity contribution in [1.29, 1.82) is 0 Å². The van der Waals surface area contributed by atoms with Crippen LogP contribution in [-0.2, 0) is 14.3 Å². The molecule has 3 rings (SSSR count). The minimum atomic E-state index is -0.351. The molecule has 0 radical (unpaired) electrons. The molecule has 1 saturated heterocycles. The number of carbonyl (C=O) groups excluding carboxylic acids is 3. The topological polar surface area (TPSA) is 88.9 Å². The molecule has 7 nitrogen and oxygen atoms in total. The average molecular weight is 376 g/mol. The second-order valence-corrected chi connectivity index (χ2v) is 7.41. The van der Waals surface area contributed by atoms with Crippen molar-refractivity contribution in [3.05, 3.63) is 24.2 Å². The van der Waals surface area contributed by atoms with Crippen LogP contribution < -0.4 is 5.32 Å². The van der Waals surface area contributed by atoms with Crippen LogP contribution in [0.4, 0.5) is 0 Å². The zero-order valence-electron chi connectivity index (χ0n) is 15.7. The lowest BCUT2D eigenvalue weighted by atomic mass is 9.97. The summed E-state index contributed by atoms with van der Waals surface area (Å²) in [4.78, 5) is 38.2. The molecule has 0 atom stereocenters. The monoisotopic (exact) mass is 376 g/mol. The minimum Gasteiger partial charge on any atom is -0.459 e. The van der Waals surface area contributed by atoms with E-state index in [1.807, 2.05) is 0 Å². The van der Waals surface area contributed by atoms with Gasteiger partial charge in [0.1, 0.15) is 0 Å². The fraction of sp³-hybridized carbons (Fsp3) is 0.650. The van der Waals surface area contributed by atoms with Crippen LogP contribution in [0, 0.1) is 5.92 Å². The Kier molecular flexibility index (Phi) is 6.90. The Balaban J connectivity index is 1.36. The quantitative estimate of drug-likeness (QED) is 0.630. The third-order valence-electron chi connectivity index (χ3n) is 5.41. The Bertz CT molecular complexity index is 627. The molecular formula is C20H28N2O5. The van der Waals surface area contributed by atoms with Crippen LogP contribution in [0.1, 0.15) is 61.9 Å². The normalized spacial score (nSPS) is 19.3. The number of hydrogen-bond donors (Lipinski definition) is 1. The highest BCUT2D eigenvalue weighted by Crippen LogP contribution is 2.21. The van der Waals surface area contributed by atoms with Gasteiger partial charge in [0.15, 0.2) is 12.4 Å². The van der Waals surface area contributed by atoms with Crippen molar-refractivity contribution in [3.63, 3.8) is 0 Å². The van der Waals surface area contributed by atoms with Crippen molar-refractivity contribution in [3.8, 4) is 0 Å². The van der Waals surface area contributed by atoms with Crippen LogP contribution in [0.3, 0.4) is 0 Å². The van der Waals surface area contributed by atoms with E-state index in [4.69, 9.17) is 9.15 Å². The number of amides is 2. The summed E-state index contributed by atoms with van der Waals surface area (Å²) in [6.07, 6.45) is 9.28. The molecule has 0 bridgehead atoms. The summed E-state index contributed by atoms with van der Waals surface area (Å²) < 4.78 is 10.3. The molecule has 148 valence electrons. The molecule has 0 unspecified atom stereocenters. The van der Waals surface area contributed by atoms with Gasteiger partial charge >= 0.3 is 5.97 Å². The van der Waals surface area contributed by atoms with Crippen LogP contribution in [0.5, 0.6) is 0 Å². The zero-order valence-corrected chi connectivity index (χ0v) is 15.7. The van der Waals surface area contributed by atoms with Gasteiger partial charge in [-0.3, -0.25) is 14.4 Å². The van der Waals surface area contributed by atoms with E-state index in [0.717, 1.165) is 25.7 Å². The number of furan rings is 1. The maximum Gasteiger partial charge on any atom is 0.309 e. The maximum atomic E-state index is 12.2. The number of hydrogen-bond acceptors (Lipinski definition) is 5. The summed E-state index contributed by atoms with van der Waals surface area (Å²) in [6, 6.07) is 3.52. The molecule has 27 heavy (non-hydrogen) atoms. The van der Waals surface area contributed by atoms with Gasteiger partial charge in [-0.2, -0.15) is 0 Å². The number of rotatable bonds is 5. The van der Waals surface area contributed by atoms with E-state index in [0.29, 0.717) is 31.7 Å². The Morgan fingerprint density at radius 1 is 1.07 bits per heavy atom. The summed E-state index contributed by atoms with van der Waals surface area (Å²) in [5.74, 6) is -0.686. The van der Waals surface area contributed by atoms with Crippen molar-refractivity contribution >= 4 is 17.8 Å². The molecule has 2 amide bonds. The number of carbonyl (C=O) groups is 3. The molecule has 2 heterocycles. The van der Waals surface area contributed by atoms with Crippen molar-refractivity contribution in [1.82, 2.24) is 10.2 Å². The molecule has 1 aliphatic carbocycles. The molecule has 1 aromatic heterocycles. The van der Waals surface area contributed by atoms with Crippen LogP contribution in [-0.4, -0.2) is 48.4 Å². The molecule has 2 aliphatic rings. The summed E-state index contributed by atoms with van der Waals surface area (Å²) in [5, 5.41) is 2.98. The molecule has 0 spiro atoms. The molecule has 1 aliphatic heterocycles. The van der Waals surface area contributed by atoms with E-state index in [1.54, 1.807) is 17.0 Å². The summed E-state index contributed by atoms with van der Waals surface area (Å²) in [5.41, 5.74) is 0. The van der Waals surface area contributed by atoms with E-state index < -0.39 is 0 Å². The van der Waals surface area contributed by atoms with Gasteiger partial charge in [-0.15, -0.1) is 0 Å². The molecule has 2 fully saturated rings. The fourth-order valence-corrected chi connectivity index (χ4v) is 3.82. The van der Waals surface area contributed by atoms with Crippen LogP contribution in [0.15, 0.2) is 22.8 Å². The largest absolute Gasteiger partial charge is 0.459 e. The van der Waals surface area contributed by atoms with Gasteiger partial charge in [-0.05, 0) is 37.8 Å². The highest BCUT2D eigenvalue weighted by Gasteiger charge is 2.30. The maximum absolute atomic E-state index is 12.2. The molecule has 1 saturated carbocycles. The molecule has 7 heteroatoms. The third-order valence-corrected chi connectivity index (χ3v) is 5.41. The van der Waals surface area contributed by atoms with Crippen molar-refractivity contribution in [2.75, 3.05) is 19.7 Å². The van der Waals surface area contributed by atoms with Crippen molar-refractivity contribution < 1.29 is 23.5 Å². The summed E-state index contributed by atoms with van der Waals surface area (Å²) in [7, 11) is 0. The van der Waals surface area contributed by atoms with E-state index in [2.05, 4.69) is 5.32 Å². The molecule has 1 aromatic rings. The first-order chi connectivity index (χ1) is 13.1. The molecule has 0 aromatic carbocycles. The summed E-state index contributed by atoms with van der Waals surface area (Å²) >= 11 is 0. The van der Waals surface area contributed by atoms with Crippen LogP contribution in [0.25, 0.3) is 0 Å². The second kappa shape index (κ2) is 9.58. The number of likely N-dealkylation sites (tertiary alicyclic amines) is 1. The van der Waals surface area contributed by atoms with Gasteiger partial charge < -0.3 is 19.4 Å². The smallest absolute Gasteiger partial charge is 0.309 e. The lowest BCUT2D eigenvalue weighted by Crippen LogP contribution is -2.41. The Morgan fingerprint density at radius 2 is 1.78 bits per heavy atom. The van der Waals surface area contributed by atoms with Gasteiger partial charge in [-0.25, -0.2) is 0 Å². The standard InChI is InChI=1S/C20H28N2O5/c23-18(21-16-6-3-1-2-4-7-16)14-27-20(25)15-9-11-22(12-10-15)19(24)17-8-5-13-26-17/h5,8,13,15-16H,1-4,6-7,9-12,14H2,(H,21,23). The predicted molar refractivity (Wildman–Crippen MR) is 97.9 cm³/mol. The lowest BCUT2D eigenvalue weighted by molar-refractivity contribution is -0.154. The highest BCUT2D eigenvalue weighted by atomic mass is 16.5. The van der Waals surface area contributed by atoms with Crippen molar-refractivity contribution in [2.45, 2.75) is 57.4 Å². The van der Waals surface area contributed by atoms with E-state index in [1.165, 1.54) is 19.1 Å². The number of ether oxygens (including phenoxy) is 1. The SMILES string of the molecule is O=C(COC(=O)C1CCN(C(=O)c2ccco2)CC1)NC1CCCCCC1. The van der Waals surface area contributed by atoms with E-state index in [-0.39, 0.29) is 36.4 Å². The van der Waals surface area contributed by atoms with Crippen LogP contribution in [0.2, 0.25) is 0 Å². The summed E-state index contributed by atoms with van der Waals surface area (Å²) in [6.45, 7) is 0.738. The zero-order chi connectivity index (χ0) is 19.1.